The fourth-order valence-corrected chi connectivity index (χ4v) is 5.53. The average Bonchev–Trinajstić information content (AvgIpc) is 3.08. The molecular formula is C40H32O2. The highest BCUT2D eigenvalue weighted by molar-refractivity contribution is 6.09. The molecule has 0 aromatic heterocycles. The molecule has 0 aliphatic heterocycles. The average molecular weight is 545 g/mol. The number of ether oxygens (including phenoxy) is 2. The van der Waals surface area contributed by atoms with Crippen LogP contribution in [-0.4, -0.2) is 14.2 Å². The summed E-state index contributed by atoms with van der Waals surface area (Å²) in [5, 5.41) is 0. The van der Waals surface area contributed by atoms with Gasteiger partial charge in [-0.05, 0) is 79.9 Å². The molecule has 6 aromatic rings. The second kappa shape index (κ2) is 12.4. The van der Waals surface area contributed by atoms with E-state index in [1.807, 2.05) is 24.3 Å². The zero-order chi connectivity index (χ0) is 28.7. The van der Waals surface area contributed by atoms with Crippen molar-refractivity contribution in [3.05, 3.63) is 180 Å². The Balaban J connectivity index is 1.70. The van der Waals surface area contributed by atoms with E-state index in [9.17, 15) is 0 Å². The van der Waals surface area contributed by atoms with Gasteiger partial charge in [-0.3, -0.25) is 0 Å². The summed E-state index contributed by atoms with van der Waals surface area (Å²) in [6.07, 6.45) is 0. The number of hydrogen-bond acceptors (Lipinski definition) is 2. The maximum Gasteiger partial charge on any atom is 0.118 e. The zero-order valence-electron chi connectivity index (χ0n) is 23.8. The Morgan fingerprint density at radius 3 is 1.05 bits per heavy atom. The van der Waals surface area contributed by atoms with Gasteiger partial charge in [-0.2, -0.15) is 0 Å². The fourth-order valence-electron chi connectivity index (χ4n) is 5.53. The van der Waals surface area contributed by atoms with E-state index in [4.69, 9.17) is 9.47 Å². The lowest BCUT2D eigenvalue weighted by Crippen LogP contribution is -2.01. The molecule has 6 aromatic carbocycles. The first-order valence-electron chi connectivity index (χ1n) is 14.1. The van der Waals surface area contributed by atoms with Crippen LogP contribution in [0, 0.1) is 0 Å². The Morgan fingerprint density at radius 1 is 0.357 bits per heavy atom. The lowest BCUT2D eigenvalue weighted by Gasteiger charge is -2.22. The van der Waals surface area contributed by atoms with Crippen LogP contribution in [0.15, 0.2) is 158 Å². The van der Waals surface area contributed by atoms with Gasteiger partial charge in [-0.1, -0.05) is 133 Å². The first-order chi connectivity index (χ1) is 20.8. The third-order valence-electron chi connectivity index (χ3n) is 7.57. The fraction of sp³-hybridized carbons (Fsp3) is 0.0500. The second-order valence-electron chi connectivity index (χ2n) is 10.0. The molecule has 0 N–H and O–H groups in total. The van der Waals surface area contributed by atoms with Gasteiger partial charge >= 0.3 is 0 Å². The molecule has 2 heteroatoms. The number of methoxy groups -OCH3 is 2. The Hall–Kier alpha value is -5.34. The Kier molecular flexibility index (Phi) is 7.96. The van der Waals surface area contributed by atoms with Crippen molar-refractivity contribution in [2.75, 3.05) is 14.2 Å². The van der Waals surface area contributed by atoms with Crippen LogP contribution >= 0.6 is 0 Å². The standard InChI is InChI=1S/C40H32O2/c1-41-33-25-21-29(22-26-33)35-17-9-11-19-37(35)39(31-13-5-3-6-14-31)40(32-15-7-4-8-16-32)38-20-12-10-18-36(38)30-23-27-34(42-2)28-24-30/h3-28H,1-2H3/b40-39-. The Labute approximate surface area is 248 Å². The highest BCUT2D eigenvalue weighted by Crippen LogP contribution is 2.43. The smallest absolute Gasteiger partial charge is 0.118 e. The minimum atomic E-state index is 0.841. The highest BCUT2D eigenvalue weighted by Gasteiger charge is 2.21. The van der Waals surface area contributed by atoms with Gasteiger partial charge in [-0.15, -0.1) is 0 Å². The second-order valence-corrected chi connectivity index (χ2v) is 10.0. The van der Waals surface area contributed by atoms with Gasteiger partial charge in [0, 0.05) is 0 Å². The van der Waals surface area contributed by atoms with E-state index in [0.717, 1.165) is 56.0 Å². The van der Waals surface area contributed by atoms with Gasteiger partial charge in [0.2, 0.25) is 0 Å². The van der Waals surface area contributed by atoms with E-state index in [1.54, 1.807) is 14.2 Å². The van der Waals surface area contributed by atoms with E-state index in [0.29, 0.717) is 0 Å². The zero-order valence-corrected chi connectivity index (χ0v) is 23.8. The molecule has 0 heterocycles. The normalized spacial score (nSPS) is 11.5. The van der Waals surface area contributed by atoms with E-state index >= 15 is 0 Å². The third kappa shape index (κ3) is 5.48. The van der Waals surface area contributed by atoms with Crippen molar-refractivity contribution in [1.29, 1.82) is 0 Å². The van der Waals surface area contributed by atoms with Crippen LogP contribution in [0.3, 0.4) is 0 Å². The largest absolute Gasteiger partial charge is 0.497 e. The molecule has 0 saturated carbocycles. The Morgan fingerprint density at radius 2 is 0.690 bits per heavy atom. The molecule has 0 radical (unpaired) electrons. The van der Waals surface area contributed by atoms with Crippen molar-refractivity contribution in [1.82, 2.24) is 0 Å². The first kappa shape index (κ1) is 26.9. The molecule has 0 saturated heterocycles. The van der Waals surface area contributed by atoms with Crippen LogP contribution in [0.1, 0.15) is 22.3 Å². The molecule has 0 aliphatic carbocycles. The van der Waals surface area contributed by atoms with Gasteiger partial charge in [0.1, 0.15) is 11.5 Å². The molecule has 204 valence electrons. The van der Waals surface area contributed by atoms with Crippen molar-refractivity contribution < 1.29 is 9.47 Å². The van der Waals surface area contributed by atoms with Crippen molar-refractivity contribution >= 4 is 11.1 Å². The molecule has 0 fully saturated rings. The molecule has 0 aliphatic rings. The minimum absolute atomic E-state index is 0.841. The van der Waals surface area contributed by atoms with E-state index in [-0.39, 0.29) is 0 Å². The highest BCUT2D eigenvalue weighted by atomic mass is 16.5. The quantitative estimate of drug-likeness (QED) is 0.178. The van der Waals surface area contributed by atoms with Gasteiger partial charge in [-0.25, -0.2) is 0 Å². The van der Waals surface area contributed by atoms with Gasteiger partial charge in [0.25, 0.3) is 0 Å². The molecule has 0 unspecified atom stereocenters. The molecule has 0 spiro atoms. The summed E-state index contributed by atoms with van der Waals surface area (Å²) in [6, 6.07) is 55.4. The SMILES string of the molecule is COc1ccc(-c2ccccc2/C(=C(/c2ccccc2)c2ccccc2-c2ccc(OC)cc2)c2ccccc2)cc1. The van der Waals surface area contributed by atoms with Crippen LogP contribution in [-0.2, 0) is 0 Å². The van der Waals surface area contributed by atoms with E-state index < -0.39 is 0 Å². The summed E-state index contributed by atoms with van der Waals surface area (Å²) < 4.78 is 10.9. The van der Waals surface area contributed by atoms with Crippen molar-refractivity contribution in [2.45, 2.75) is 0 Å². The summed E-state index contributed by atoms with van der Waals surface area (Å²) in [5.74, 6) is 1.68. The van der Waals surface area contributed by atoms with Gasteiger partial charge in [0.15, 0.2) is 0 Å². The maximum absolute atomic E-state index is 5.46. The summed E-state index contributed by atoms with van der Waals surface area (Å²) >= 11 is 0. The van der Waals surface area contributed by atoms with Crippen LogP contribution in [0.4, 0.5) is 0 Å². The third-order valence-corrected chi connectivity index (χ3v) is 7.57. The van der Waals surface area contributed by atoms with Gasteiger partial charge < -0.3 is 9.47 Å². The number of hydrogen-bond donors (Lipinski definition) is 0. The maximum atomic E-state index is 5.46. The molecule has 2 nitrogen and oxygen atoms in total. The molecule has 0 atom stereocenters. The molecule has 0 amide bonds. The van der Waals surface area contributed by atoms with Crippen LogP contribution in [0.5, 0.6) is 11.5 Å². The van der Waals surface area contributed by atoms with E-state index in [1.165, 1.54) is 11.1 Å². The summed E-state index contributed by atoms with van der Waals surface area (Å²) in [5.41, 5.74) is 11.6. The summed E-state index contributed by atoms with van der Waals surface area (Å²) in [6.45, 7) is 0. The predicted molar refractivity (Wildman–Crippen MR) is 175 cm³/mol. The van der Waals surface area contributed by atoms with Crippen LogP contribution in [0.25, 0.3) is 33.4 Å². The van der Waals surface area contributed by atoms with Crippen LogP contribution < -0.4 is 9.47 Å². The van der Waals surface area contributed by atoms with Crippen molar-refractivity contribution in [3.8, 4) is 33.8 Å². The monoisotopic (exact) mass is 544 g/mol. The van der Waals surface area contributed by atoms with Gasteiger partial charge in [0.05, 0.1) is 14.2 Å². The number of benzene rings is 6. The lowest BCUT2D eigenvalue weighted by molar-refractivity contribution is 0.415. The molecule has 0 bridgehead atoms. The topological polar surface area (TPSA) is 18.5 Å². The predicted octanol–water partition coefficient (Wildman–Crippen LogP) is 10.0. The Bertz CT molecular complexity index is 1660. The minimum Gasteiger partial charge on any atom is -0.497 e. The van der Waals surface area contributed by atoms with Crippen molar-refractivity contribution in [2.24, 2.45) is 0 Å². The molecule has 42 heavy (non-hydrogen) atoms. The number of rotatable bonds is 8. The first-order valence-corrected chi connectivity index (χ1v) is 14.1. The molecule has 6 rings (SSSR count). The van der Waals surface area contributed by atoms with Crippen molar-refractivity contribution in [3.63, 3.8) is 0 Å². The summed E-state index contributed by atoms with van der Waals surface area (Å²) in [7, 11) is 3.40. The lowest BCUT2D eigenvalue weighted by atomic mass is 9.81. The molecular weight excluding hydrogens is 512 g/mol. The summed E-state index contributed by atoms with van der Waals surface area (Å²) in [4.78, 5) is 0. The van der Waals surface area contributed by atoms with Crippen LogP contribution in [0.2, 0.25) is 0 Å². The van der Waals surface area contributed by atoms with E-state index in [2.05, 4.69) is 133 Å².